The summed E-state index contributed by atoms with van der Waals surface area (Å²) in [5, 5.41) is 22.9. The molecule has 38 heavy (non-hydrogen) atoms. The van der Waals surface area contributed by atoms with Gasteiger partial charge in [-0.05, 0) is 49.4 Å². The number of rotatable bonds is 10. The number of aromatic nitrogens is 4. The molecule has 4 aromatic rings. The molecule has 0 saturated carbocycles. The number of aromatic amines is 1. The Morgan fingerprint density at radius 2 is 2.05 bits per heavy atom. The highest BCUT2D eigenvalue weighted by Gasteiger charge is 2.11. The molecule has 0 spiro atoms. The van der Waals surface area contributed by atoms with Gasteiger partial charge in [-0.1, -0.05) is 24.8 Å². The van der Waals surface area contributed by atoms with E-state index in [4.69, 9.17) is 5.11 Å². The van der Waals surface area contributed by atoms with Gasteiger partial charge < -0.3 is 20.6 Å². The normalized spacial score (nSPS) is 10.9. The Balaban J connectivity index is 1.42. The van der Waals surface area contributed by atoms with Crippen LogP contribution in [0.25, 0.3) is 10.9 Å². The summed E-state index contributed by atoms with van der Waals surface area (Å²) in [7, 11) is 0. The summed E-state index contributed by atoms with van der Waals surface area (Å²) >= 11 is 0. The molecule has 2 aromatic carbocycles. The number of benzene rings is 2. The first-order chi connectivity index (χ1) is 18.4. The Labute approximate surface area is 220 Å². The van der Waals surface area contributed by atoms with Gasteiger partial charge >= 0.3 is 0 Å². The number of amides is 1. The zero-order valence-corrected chi connectivity index (χ0v) is 21.4. The van der Waals surface area contributed by atoms with Gasteiger partial charge in [-0.25, -0.2) is 14.4 Å². The molecule has 0 fully saturated rings. The van der Waals surface area contributed by atoms with Crippen molar-refractivity contribution in [3.05, 3.63) is 71.4 Å². The lowest BCUT2D eigenvalue weighted by atomic mass is 10.1. The molecule has 0 aliphatic rings. The van der Waals surface area contributed by atoms with Crippen LogP contribution < -0.4 is 10.6 Å². The Bertz CT molecular complexity index is 1480. The summed E-state index contributed by atoms with van der Waals surface area (Å²) < 4.78 is 13.3. The van der Waals surface area contributed by atoms with Crippen LogP contribution in [0.1, 0.15) is 30.2 Å². The van der Waals surface area contributed by atoms with E-state index in [0.717, 1.165) is 35.1 Å². The molecule has 0 aliphatic heterocycles. The van der Waals surface area contributed by atoms with E-state index in [1.807, 2.05) is 19.1 Å². The van der Waals surface area contributed by atoms with E-state index in [-0.39, 0.29) is 18.9 Å². The largest absolute Gasteiger partial charge is 0.395 e. The van der Waals surface area contributed by atoms with E-state index >= 15 is 0 Å². The molecule has 196 valence electrons. The monoisotopic (exact) mass is 515 g/mol. The quantitative estimate of drug-likeness (QED) is 0.237. The van der Waals surface area contributed by atoms with Crippen molar-refractivity contribution >= 4 is 34.1 Å². The van der Waals surface area contributed by atoms with Crippen LogP contribution in [0, 0.1) is 24.6 Å². The number of aliphatic hydroxyl groups excluding tert-OH is 1. The van der Waals surface area contributed by atoms with Gasteiger partial charge in [0.05, 0.1) is 18.5 Å². The van der Waals surface area contributed by atoms with Crippen LogP contribution in [0.4, 0.5) is 21.7 Å². The fourth-order valence-electron chi connectivity index (χ4n) is 3.97. The Kier molecular flexibility index (Phi) is 8.98. The number of carbonyl (C=O) groups excluding carboxylic acids is 1. The lowest BCUT2D eigenvalue weighted by Crippen LogP contribution is -2.27. The summed E-state index contributed by atoms with van der Waals surface area (Å²) in [6, 6.07) is 11.4. The predicted molar refractivity (Wildman–Crippen MR) is 146 cm³/mol. The van der Waals surface area contributed by atoms with E-state index in [2.05, 4.69) is 54.5 Å². The summed E-state index contributed by atoms with van der Waals surface area (Å²) in [5.41, 5.74) is 3.64. The molecule has 9 nitrogen and oxygen atoms in total. The number of hydrogen-bond donors (Lipinski definition) is 4. The number of fused-ring (bicyclic) bond motifs is 1. The first kappa shape index (κ1) is 26.7. The second-order valence-corrected chi connectivity index (χ2v) is 8.75. The van der Waals surface area contributed by atoms with Crippen LogP contribution in [0.15, 0.2) is 48.8 Å². The molecule has 10 heteroatoms. The van der Waals surface area contributed by atoms with Crippen molar-refractivity contribution in [1.29, 1.82) is 0 Å². The number of aryl methyl sites for hydroxylation is 1. The minimum Gasteiger partial charge on any atom is -0.395 e. The lowest BCUT2D eigenvalue weighted by Gasteiger charge is -2.16. The first-order valence-corrected chi connectivity index (χ1v) is 12.4. The number of nitrogens with one attached hydrogen (secondary N) is 3. The fraction of sp³-hybridized carbons (Fsp3) is 0.286. The molecule has 2 heterocycles. The minimum absolute atomic E-state index is 0.0485. The average Bonchev–Trinajstić information content (AvgIpc) is 3.32. The number of likely N-dealkylation sites (N-methyl/N-ethyl adjacent to an activating group) is 1. The van der Waals surface area contributed by atoms with Crippen molar-refractivity contribution < 1.29 is 14.3 Å². The van der Waals surface area contributed by atoms with E-state index in [9.17, 15) is 9.18 Å². The number of H-pyrrole nitrogens is 1. The van der Waals surface area contributed by atoms with Gasteiger partial charge in [0, 0.05) is 47.9 Å². The SMILES string of the molecule is CCN(CCO)CCC#Cc1cc2ncnc(Nc3cc(CC(=O)Nc4cccc(F)c4)[nH]n3)c2cc1C. The first-order valence-electron chi connectivity index (χ1n) is 12.4. The van der Waals surface area contributed by atoms with Crippen LogP contribution in [0.3, 0.4) is 0 Å². The molecule has 0 atom stereocenters. The molecule has 0 aliphatic carbocycles. The van der Waals surface area contributed by atoms with Gasteiger partial charge in [-0.15, -0.1) is 0 Å². The van der Waals surface area contributed by atoms with Crippen molar-refractivity contribution in [3.63, 3.8) is 0 Å². The molecule has 1 amide bonds. The van der Waals surface area contributed by atoms with Crippen molar-refractivity contribution in [2.24, 2.45) is 0 Å². The molecule has 0 saturated heterocycles. The number of carbonyl (C=O) groups is 1. The maximum Gasteiger partial charge on any atom is 0.230 e. The summed E-state index contributed by atoms with van der Waals surface area (Å²) in [6.45, 7) is 6.55. The number of nitrogens with zero attached hydrogens (tertiary/aromatic N) is 4. The zero-order valence-electron chi connectivity index (χ0n) is 21.4. The van der Waals surface area contributed by atoms with Gasteiger partial charge in [0.1, 0.15) is 18.0 Å². The van der Waals surface area contributed by atoms with Crippen LogP contribution in [0.2, 0.25) is 0 Å². The van der Waals surface area contributed by atoms with Gasteiger partial charge in [0.2, 0.25) is 5.91 Å². The fourth-order valence-corrected chi connectivity index (χ4v) is 3.97. The lowest BCUT2D eigenvalue weighted by molar-refractivity contribution is -0.115. The molecule has 0 unspecified atom stereocenters. The summed E-state index contributed by atoms with van der Waals surface area (Å²) in [4.78, 5) is 23.3. The second kappa shape index (κ2) is 12.8. The Morgan fingerprint density at radius 3 is 2.84 bits per heavy atom. The zero-order chi connectivity index (χ0) is 26.9. The van der Waals surface area contributed by atoms with Gasteiger partial charge in [0.25, 0.3) is 0 Å². The van der Waals surface area contributed by atoms with Crippen LogP contribution >= 0.6 is 0 Å². The van der Waals surface area contributed by atoms with Crippen LogP contribution in [-0.4, -0.2) is 62.3 Å². The Morgan fingerprint density at radius 1 is 1.18 bits per heavy atom. The third kappa shape index (κ3) is 7.12. The summed E-state index contributed by atoms with van der Waals surface area (Å²) in [6.07, 6.45) is 2.24. The van der Waals surface area contributed by atoms with Gasteiger partial charge in [-0.2, -0.15) is 5.10 Å². The maximum atomic E-state index is 13.3. The number of halogens is 1. The van der Waals surface area contributed by atoms with Crippen molar-refractivity contribution in [1.82, 2.24) is 25.1 Å². The van der Waals surface area contributed by atoms with Crippen LogP contribution in [0.5, 0.6) is 0 Å². The van der Waals surface area contributed by atoms with Gasteiger partial charge in [0.15, 0.2) is 5.82 Å². The van der Waals surface area contributed by atoms with E-state index < -0.39 is 5.82 Å². The third-order valence-electron chi connectivity index (χ3n) is 5.96. The van der Waals surface area contributed by atoms with Crippen molar-refractivity contribution in [2.75, 3.05) is 36.9 Å². The molecule has 0 radical (unpaired) electrons. The highest BCUT2D eigenvalue weighted by molar-refractivity contribution is 5.93. The molecule has 4 rings (SSSR count). The number of hydrogen-bond acceptors (Lipinski definition) is 7. The third-order valence-corrected chi connectivity index (χ3v) is 5.96. The van der Waals surface area contributed by atoms with Crippen molar-refractivity contribution in [2.45, 2.75) is 26.7 Å². The smallest absolute Gasteiger partial charge is 0.230 e. The highest BCUT2D eigenvalue weighted by Crippen LogP contribution is 2.25. The average molecular weight is 516 g/mol. The topological polar surface area (TPSA) is 119 Å². The molecule has 0 bridgehead atoms. The van der Waals surface area contributed by atoms with E-state index in [1.165, 1.54) is 24.5 Å². The second-order valence-electron chi connectivity index (χ2n) is 8.75. The van der Waals surface area contributed by atoms with Crippen LogP contribution in [-0.2, 0) is 11.2 Å². The summed E-state index contributed by atoms with van der Waals surface area (Å²) in [5.74, 6) is 6.84. The molecule has 2 aromatic heterocycles. The molecular formula is C28H30FN7O2. The molecule has 4 N–H and O–H groups in total. The minimum atomic E-state index is -0.417. The predicted octanol–water partition coefficient (Wildman–Crippen LogP) is 3.78. The van der Waals surface area contributed by atoms with Crippen molar-refractivity contribution in [3.8, 4) is 11.8 Å². The van der Waals surface area contributed by atoms with E-state index in [0.29, 0.717) is 36.0 Å². The highest BCUT2D eigenvalue weighted by atomic mass is 19.1. The Hall–Kier alpha value is -4.33. The maximum absolute atomic E-state index is 13.3. The number of anilines is 3. The number of aliphatic hydroxyl groups is 1. The molecular weight excluding hydrogens is 485 g/mol. The van der Waals surface area contributed by atoms with E-state index in [1.54, 1.807) is 12.1 Å². The van der Waals surface area contributed by atoms with Gasteiger partial charge in [-0.3, -0.25) is 9.89 Å². The standard InChI is InChI=1S/C28H30FN7O2/c1-3-36(11-12-37)10-5-4-7-20-14-25-24(13-19(20)2)28(31-18-30-25)33-26-16-23(34-35-26)17-27(38)32-22-9-6-8-21(29)15-22/h6,8-9,13-16,18,37H,3,5,10-12,17H2,1-2H3,(H,32,38)(H2,30,31,33,34,35).